The average molecular weight is 329 g/mol. The van der Waals surface area contributed by atoms with Crippen LogP contribution < -0.4 is 0 Å². The lowest BCUT2D eigenvalue weighted by Gasteiger charge is -2.23. The Morgan fingerprint density at radius 2 is 2.08 bits per heavy atom. The Labute approximate surface area is 139 Å². The molecule has 24 heavy (non-hydrogen) atoms. The zero-order valence-corrected chi connectivity index (χ0v) is 13.4. The summed E-state index contributed by atoms with van der Waals surface area (Å²) in [7, 11) is 1.60. The summed E-state index contributed by atoms with van der Waals surface area (Å²) in [4.78, 5) is 25.6. The maximum Gasteiger partial charge on any atom is 0.335 e. The van der Waals surface area contributed by atoms with Gasteiger partial charge in [0.15, 0.2) is 0 Å². The number of carboxylic acids is 1. The second-order valence-electron chi connectivity index (χ2n) is 5.78. The van der Waals surface area contributed by atoms with E-state index >= 15 is 0 Å². The van der Waals surface area contributed by atoms with Gasteiger partial charge in [-0.05, 0) is 43.2 Å². The number of amides is 1. The molecule has 1 aromatic carbocycles. The number of ether oxygens (including phenoxy) is 1. The summed E-state index contributed by atoms with van der Waals surface area (Å²) in [6, 6.07) is 9.72. The zero-order valence-electron chi connectivity index (χ0n) is 13.4. The van der Waals surface area contributed by atoms with Gasteiger partial charge in [-0.2, -0.15) is 0 Å². The van der Waals surface area contributed by atoms with Crippen molar-refractivity contribution in [1.29, 1.82) is 0 Å². The number of nitrogens with zero attached hydrogens (tertiary/aromatic N) is 1. The summed E-state index contributed by atoms with van der Waals surface area (Å²) >= 11 is 0. The molecule has 1 amide bonds. The number of carbonyl (C=O) groups is 2. The van der Waals surface area contributed by atoms with Crippen molar-refractivity contribution in [2.75, 3.05) is 13.7 Å². The highest BCUT2D eigenvalue weighted by Crippen LogP contribution is 2.34. The molecule has 0 bridgehead atoms. The third-order valence-corrected chi connectivity index (χ3v) is 4.17. The Hall–Kier alpha value is -2.60. The van der Waals surface area contributed by atoms with Crippen molar-refractivity contribution >= 4 is 11.9 Å². The fourth-order valence-electron chi connectivity index (χ4n) is 3.05. The molecule has 6 heteroatoms. The molecule has 0 saturated carbocycles. The number of carboxylic acid groups (broad SMARTS) is 1. The first kappa shape index (κ1) is 16.3. The smallest absolute Gasteiger partial charge is 0.335 e. The van der Waals surface area contributed by atoms with Crippen LogP contribution in [0.4, 0.5) is 0 Å². The van der Waals surface area contributed by atoms with E-state index in [-0.39, 0.29) is 17.5 Å². The van der Waals surface area contributed by atoms with Crippen LogP contribution in [0.1, 0.15) is 51.1 Å². The molecule has 2 heterocycles. The van der Waals surface area contributed by atoms with Crippen LogP contribution in [0.3, 0.4) is 0 Å². The van der Waals surface area contributed by atoms with Gasteiger partial charge in [-0.15, -0.1) is 0 Å². The first-order valence-electron chi connectivity index (χ1n) is 7.82. The highest BCUT2D eigenvalue weighted by atomic mass is 16.5. The highest BCUT2D eigenvalue weighted by Gasteiger charge is 2.32. The molecule has 3 rings (SSSR count). The van der Waals surface area contributed by atoms with Gasteiger partial charge in [0.25, 0.3) is 5.91 Å². The molecule has 0 aliphatic carbocycles. The van der Waals surface area contributed by atoms with Crippen LogP contribution in [0, 0.1) is 0 Å². The lowest BCUT2D eigenvalue weighted by Crippen LogP contribution is -2.30. The minimum absolute atomic E-state index is 0.108. The second-order valence-corrected chi connectivity index (χ2v) is 5.78. The molecule has 1 atom stereocenters. The minimum atomic E-state index is -1.04. The molecule has 0 spiro atoms. The van der Waals surface area contributed by atoms with E-state index in [9.17, 15) is 9.59 Å². The fourth-order valence-corrected chi connectivity index (χ4v) is 3.05. The lowest BCUT2D eigenvalue weighted by molar-refractivity contribution is 0.0697. The fraction of sp³-hybridized carbons (Fsp3) is 0.333. The summed E-state index contributed by atoms with van der Waals surface area (Å²) < 4.78 is 10.8. The van der Waals surface area contributed by atoms with Crippen LogP contribution >= 0.6 is 0 Å². The molecular weight excluding hydrogens is 310 g/mol. The quantitative estimate of drug-likeness (QED) is 0.912. The van der Waals surface area contributed by atoms with Gasteiger partial charge in [-0.1, -0.05) is 6.07 Å². The first-order chi connectivity index (χ1) is 11.6. The van der Waals surface area contributed by atoms with E-state index in [0.717, 1.165) is 24.4 Å². The number of hydrogen-bond acceptors (Lipinski definition) is 4. The zero-order chi connectivity index (χ0) is 17.1. The number of hydrogen-bond donors (Lipinski definition) is 1. The van der Waals surface area contributed by atoms with E-state index in [0.29, 0.717) is 18.7 Å². The Morgan fingerprint density at radius 3 is 2.83 bits per heavy atom. The Balaban J connectivity index is 1.83. The van der Waals surface area contributed by atoms with Crippen molar-refractivity contribution < 1.29 is 23.8 Å². The number of aromatic carboxylic acids is 1. The monoisotopic (exact) mass is 329 g/mol. The van der Waals surface area contributed by atoms with E-state index in [1.807, 2.05) is 12.1 Å². The number of furan rings is 1. The van der Waals surface area contributed by atoms with Crippen LogP contribution in [0.5, 0.6) is 0 Å². The molecule has 1 aliphatic rings. The van der Waals surface area contributed by atoms with Gasteiger partial charge < -0.3 is 19.2 Å². The number of carbonyl (C=O) groups excluding carboxylic acids is 1. The predicted octanol–water partition coefficient (Wildman–Crippen LogP) is 3.10. The molecule has 1 N–H and O–H groups in total. The van der Waals surface area contributed by atoms with E-state index < -0.39 is 5.97 Å². The maximum atomic E-state index is 12.8. The van der Waals surface area contributed by atoms with Gasteiger partial charge in [0, 0.05) is 19.2 Å². The van der Waals surface area contributed by atoms with Crippen molar-refractivity contribution in [3.05, 3.63) is 59.0 Å². The Morgan fingerprint density at radius 1 is 1.29 bits per heavy atom. The minimum Gasteiger partial charge on any atom is -0.478 e. The summed E-state index contributed by atoms with van der Waals surface area (Å²) in [5, 5.41) is 9.09. The van der Waals surface area contributed by atoms with Crippen LogP contribution in [-0.2, 0) is 11.3 Å². The van der Waals surface area contributed by atoms with E-state index in [1.54, 1.807) is 24.1 Å². The molecule has 0 radical (unpaired) electrons. The van der Waals surface area contributed by atoms with Gasteiger partial charge in [0.05, 0.1) is 11.6 Å². The Bertz CT molecular complexity index is 751. The number of rotatable bonds is 5. The SMILES string of the molecule is COCc1ccc(C2CCCN2C(=O)c2cccc(C(=O)O)c2)o1. The van der Waals surface area contributed by atoms with Crippen molar-refractivity contribution in [2.24, 2.45) is 0 Å². The van der Waals surface area contributed by atoms with Crippen LogP contribution in [-0.4, -0.2) is 35.5 Å². The molecule has 1 aliphatic heterocycles. The van der Waals surface area contributed by atoms with Crippen molar-refractivity contribution in [2.45, 2.75) is 25.5 Å². The topological polar surface area (TPSA) is 80.0 Å². The largest absolute Gasteiger partial charge is 0.478 e. The van der Waals surface area contributed by atoms with Gasteiger partial charge >= 0.3 is 5.97 Å². The second kappa shape index (κ2) is 6.88. The molecule has 1 saturated heterocycles. The molecular formula is C18H19NO5. The van der Waals surface area contributed by atoms with Crippen molar-refractivity contribution in [1.82, 2.24) is 4.90 Å². The van der Waals surface area contributed by atoms with E-state index in [4.69, 9.17) is 14.3 Å². The number of likely N-dealkylation sites (tertiary alicyclic amines) is 1. The van der Waals surface area contributed by atoms with Gasteiger partial charge in [0.2, 0.25) is 0 Å². The van der Waals surface area contributed by atoms with Crippen molar-refractivity contribution in [3.8, 4) is 0 Å². The summed E-state index contributed by atoms with van der Waals surface area (Å²) in [5.74, 6) is 0.241. The van der Waals surface area contributed by atoms with Crippen LogP contribution in [0.15, 0.2) is 40.8 Å². The molecule has 1 fully saturated rings. The third-order valence-electron chi connectivity index (χ3n) is 4.17. The van der Waals surface area contributed by atoms with E-state index in [2.05, 4.69) is 0 Å². The third kappa shape index (κ3) is 3.19. The standard InChI is InChI=1S/C18H19NO5/c1-23-11-14-7-8-16(24-14)15-6-3-9-19(15)17(20)12-4-2-5-13(10-12)18(21)22/h2,4-5,7-8,10,15H,3,6,9,11H2,1H3,(H,21,22). The molecule has 6 nitrogen and oxygen atoms in total. The predicted molar refractivity (Wildman–Crippen MR) is 85.8 cm³/mol. The highest BCUT2D eigenvalue weighted by molar-refractivity contribution is 5.97. The van der Waals surface area contributed by atoms with Gasteiger partial charge in [0.1, 0.15) is 18.1 Å². The number of methoxy groups -OCH3 is 1. The number of benzene rings is 1. The normalized spacial score (nSPS) is 17.2. The molecule has 126 valence electrons. The maximum absolute atomic E-state index is 12.8. The summed E-state index contributed by atoms with van der Waals surface area (Å²) in [6.45, 7) is 1.02. The van der Waals surface area contributed by atoms with Crippen molar-refractivity contribution in [3.63, 3.8) is 0 Å². The van der Waals surface area contributed by atoms with Crippen LogP contribution in [0.25, 0.3) is 0 Å². The van der Waals surface area contributed by atoms with Crippen LogP contribution in [0.2, 0.25) is 0 Å². The Kier molecular flexibility index (Phi) is 4.66. The van der Waals surface area contributed by atoms with Gasteiger partial charge in [-0.3, -0.25) is 4.79 Å². The lowest BCUT2D eigenvalue weighted by atomic mass is 10.1. The first-order valence-corrected chi connectivity index (χ1v) is 7.82. The molecule has 2 aromatic rings. The van der Waals surface area contributed by atoms with Gasteiger partial charge in [-0.25, -0.2) is 4.79 Å². The summed E-state index contributed by atoms with van der Waals surface area (Å²) in [6.07, 6.45) is 1.71. The average Bonchev–Trinajstić information content (AvgIpc) is 3.23. The molecule has 1 unspecified atom stereocenters. The molecule has 1 aromatic heterocycles. The van der Waals surface area contributed by atoms with E-state index in [1.165, 1.54) is 12.1 Å². The summed E-state index contributed by atoms with van der Waals surface area (Å²) in [5.41, 5.74) is 0.488.